The number of anilines is 1. The maximum Gasteiger partial charge on any atom is 0.435 e. The molecule has 3 atom stereocenters. The van der Waals surface area contributed by atoms with Crippen LogP contribution < -0.4 is 9.62 Å². The Morgan fingerprint density at radius 3 is 2.17 bits per heavy atom. The van der Waals surface area contributed by atoms with Gasteiger partial charge in [-0.05, 0) is 80.8 Å². The number of amides is 1. The molecule has 3 aromatic heterocycles. The van der Waals surface area contributed by atoms with Gasteiger partial charge < -0.3 is 19.8 Å². The highest BCUT2D eigenvalue weighted by atomic mass is 35.5. The van der Waals surface area contributed by atoms with E-state index in [9.17, 15) is 75.9 Å². The summed E-state index contributed by atoms with van der Waals surface area (Å²) in [6.45, 7) is -2.23. The molecule has 31 heteroatoms. The number of carbonyl (C=O) groups excluding carboxylic acids is 2. The topological polar surface area (TPSA) is 233 Å². The van der Waals surface area contributed by atoms with Crippen molar-refractivity contribution in [2.75, 3.05) is 29.7 Å². The van der Waals surface area contributed by atoms with Crippen LogP contribution >= 0.6 is 19.2 Å². The second-order valence-corrected chi connectivity index (χ2v) is 24.9. The molecule has 5 aromatic rings. The number of ether oxygens (including phenoxy) is 1. The molecule has 2 aliphatic rings. The number of aromatic nitrogens is 5. The standard InChI is InChI=1S/C44H41ClF10N7O10PS2/c1-41(2,74(3,68)69)13-11-25-5-6-26(27-8-10-30(45)35-37(27)61(20-42(48,49)50)59-40(35)62(75(4,70)71)21-72-33(64)12-14-73(65,66)67)36(56-25)31(17-22-15-23(46)18-24(47)16-22)57-32(63)19-60-39-34(38(58-60)44(53,54)55)28-7-9-29(28)43(39,51)52/h5-6,8,10,15-16,18,28-29,31H,7,9,12,14,17,19-21H2,1-4H3,(H,57,63)(H2,65,66,67)/t28-,29+,31-/m0/s1. The normalized spacial score (nSPS) is 17.1. The Kier molecular flexibility index (Phi) is 15.2. The molecule has 0 bridgehead atoms. The number of fused-ring (bicyclic) bond motifs is 4. The first-order valence-corrected chi connectivity index (χ1v) is 27.8. The minimum Gasteiger partial charge on any atom is -0.443 e. The van der Waals surface area contributed by atoms with E-state index in [-0.39, 0.29) is 48.9 Å². The van der Waals surface area contributed by atoms with Crippen LogP contribution in [0, 0.1) is 29.4 Å². The molecule has 3 N–H and O–H groups in total. The highest BCUT2D eigenvalue weighted by molar-refractivity contribution is 7.92. The van der Waals surface area contributed by atoms with Crippen LogP contribution in [0.15, 0.2) is 42.5 Å². The SMILES string of the molecule is CC(C)(C#Cc1ccc(-c2ccc(Cl)c3c(N(COC(=O)CCP(=O)(O)O)S(C)(=O)=O)nn(CC(F)(F)F)c23)c([C@H](Cc2cc(F)cc(F)c2)NC(=O)Cn2nc(C(F)(F)F)c3c2C(F)(F)[C@@H]2CC[C@H]32)n1)S(C)(=O)=O. The molecule has 0 aliphatic heterocycles. The molecule has 2 aromatic carbocycles. The number of benzene rings is 2. The number of halogens is 11. The molecular formula is C44H41ClF10N7O10PS2. The van der Waals surface area contributed by atoms with Crippen LogP contribution in [-0.2, 0) is 70.4 Å². The Morgan fingerprint density at radius 2 is 1.61 bits per heavy atom. The van der Waals surface area contributed by atoms with Crippen LogP contribution in [0.1, 0.15) is 79.0 Å². The van der Waals surface area contributed by atoms with Gasteiger partial charge in [0.1, 0.15) is 40.9 Å². The number of rotatable bonds is 16. The first kappa shape index (κ1) is 56.9. The Balaban J connectivity index is 1.46. The average molecular weight is 1150 g/mol. The number of nitrogens with one attached hydrogen (secondary N) is 1. The minimum atomic E-state index is -5.25. The second-order valence-electron chi connectivity index (χ2n) is 18.3. The highest BCUT2D eigenvalue weighted by Crippen LogP contribution is 2.64. The van der Waals surface area contributed by atoms with Gasteiger partial charge in [-0.2, -0.15) is 45.3 Å². The third-order valence-electron chi connectivity index (χ3n) is 12.4. The fraction of sp³-hybridized carbons (Fsp3) is 0.432. The first-order chi connectivity index (χ1) is 34.4. The van der Waals surface area contributed by atoms with Gasteiger partial charge in [0, 0.05) is 34.9 Å². The Labute approximate surface area is 424 Å². The van der Waals surface area contributed by atoms with Crippen LogP contribution in [0.2, 0.25) is 5.02 Å². The minimum absolute atomic E-state index is 0.0293. The zero-order chi connectivity index (χ0) is 55.8. The van der Waals surface area contributed by atoms with Gasteiger partial charge in [0.15, 0.2) is 28.1 Å². The second kappa shape index (κ2) is 20.0. The number of hydrogen-bond donors (Lipinski definition) is 3. The van der Waals surface area contributed by atoms with Crippen LogP contribution in [0.5, 0.6) is 0 Å². The molecule has 0 radical (unpaired) electrons. The van der Waals surface area contributed by atoms with Gasteiger partial charge in [-0.15, -0.1) is 0 Å². The van der Waals surface area contributed by atoms with Crippen molar-refractivity contribution in [1.82, 2.24) is 29.9 Å². The Hall–Kier alpha value is -5.79. The number of sulfone groups is 1. The van der Waals surface area contributed by atoms with Crippen LogP contribution in [0.3, 0.4) is 0 Å². The number of pyridine rings is 1. The van der Waals surface area contributed by atoms with Gasteiger partial charge in [-0.3, -0.25) is 23.5 Å². The molecule has 0 saturated heterocycles. The van der Waals surface area contributed by atoms with Gasteiger partial charge in [0.05, 0.1) is 46.5 Å². The third kappa shape index (κ3) is 12.3. The van der Waals surface area contributed by atoms with Gasteiger partial charge in [0.25, 0.3) is 5.92 Å². The summed E-state index contributed by atoms with van der Waals surface area (Å²) in [5, 5.41) is 8.66. The lowest BCUT2D eigenvalue weighted by atomic mass is 9.73. The van der Waals surface area contributed by atoms with E-state index in [1.807, 2.05) is 0 Å². The van der Waals surface area contributed by atoms with Crippen molar-refractivity contribution < 1.29 is 89.4 Å². The quantitative estimate of drug-likeness (QED) is 0.0286. The monoisotopic (exact) mass is 1150 g/mol. The predicted molar refractivity (Wildman–Crippen MR) is 247 cm³/mol. The molecule has 1 saturated carbocycles. The van der Waals surface area contributed by atoms with Gasteiger partial charge >= 0.3 is 25.9 Å². The Bertz CT molecular complexity index is 3460. The highest BCUT2D eigenvalue weighted by Gasteiger charge is 2.63. The van der Waals surface area contributed by atoms with Crippen LogP contribution in [0.25, 0.3) is 22.0 Å². The molecule has 1 amide bonds. The lowest BCUT2D eigenvalue weighted by molar-refractivity contribution is -0.144. The Morgan fingerprint density at radius 1 is 0.973 bits per heavy atom. The van der Waals surface area contributed by atoms with E-state index in [4.69, 9.17) is 16.3 Å². The van der Waals surface area contributed by atoms with Crippen molar-refractivity contribution in [2.45, 2.75) is 87.6 Å². The molecular weight excluding hydrogens is 1110 g/mol. The number of esters is 1. The van der Waals surface area contributed by atoms with Crippen molar-refractivity contribution in [3.63, 3.8) is 0 Å². The summed E-state index contributed by atoms with van der Waals surface area (Å²) in [7, 11) is -13.4. The van der Waals surface area contributed by atoms with Crippen LogP contribution in [-0.4, -0.2) is 99.4 Å². The molecule has 17 nitrogen and oxygen atoms in total. The predicted octanol–water partition coefficient (Wildman–Crippen LogP) is 7.52. The van der Waals surface area contributed by atoms with Gasteiger partial charge in [-0.1, -0.05) is 23.6 Å². The fourth-order valence-corrected chi connectivity index (χ4v) is 10.2. The van der Waals surface area contributed by atoms with Crippen molar-refractivity contribution in [1.29, 1.82) is 0 Å². The molecule has 406 valence electrons. The lowest BCUT2D eigenvalue weighted by Gasteiger charge is -2.34. The van der Waals surface area contributed by atoms with E-state index in [0.717, 1.165) is 42.7 Å². The largest absolute Gasteiger partial charge is 0.443 e. The van der Waals surface area contributed by atoms with Crippen molar-refractivity contribution in [3.8, 4) is 23.0 Å². The molecule has 0 unspecified atom stereocenters. The van der Waals surface area contributed by atoms with Crippen molar-refractivity contribution in [3.05, 3.63) is 93.0 Å². The molecule has 0 spiro atoms. The van der Waals surface area contributed by atoms with Crippen LogP contribution in [0.4, 0.5) is 49.7 Å². The van der Waals surface area contributed by atoms with E-state index in [2.05, 4.69) is 32.3 Å². The smallest absolute Gasteiger partial charge is 0.435 e. The van der Waals surface area contributed by atoms with Crippen molar-refractivity contribution >= 4 is 67.7 Å². The maximum atomic E-state index is 15.8. The number of nitrogens with zero attached hydrogens (tertiary/aromatic N) is 6. The lowest BCUT2D eigenvalue weighted by Crippen LogP contribution is -2.36. The van der Waals surface area contributed by atoms with E-state index < -0.39 is 175 Å². The number of sulfonamides is 1. The maximum absolute atomic E-state index is 15.8. The number of hydrogen-bond acceptors (Lipinski definition) is 11. The molecule has 75 heavy (non-hydrogen) atoms. The summed E-state index contributed by atoms with van der Waals surface area (Å²) in [6, 6.07) is 4.59. The molecule has 1 fully saturated rings. The molecule has 2 aliphatic carbocycles. The summed E-state index contributed by atoms with van der Waals surface area (Å²) in [5.74, 6) is -7.53. The summed E-state index contributed by atoms with van der Waals surface area (Å²) >= 11 is 6.61. The summed E-state index contributed by atoms with van der Waals surface area (Å²) in [5.41, 5.74) is -6.07. The number of alkyl halides is 8. The van der Waals surface area contributed by atoms with Gasteiger partial charge in [0.2, 0.25) is 15.9 Å². The average Bonchev–Trinajstić information content (AvgIpc) is 3.83. The van der Waals surface area contributed by atoms with Gasteiger partial charge in [-0.25, -0.2) is 34.9 Å². The summed E-state index contributed by atoms with van der Waals surface area (Å²) in [6.07, 6.45) is -11.9. The summed E-state index contributed by atoms with van der Waals surface area (Å²) in [4.78, 5) is 49.6. The van der Waals surface area contributed by atoms with E-state index in [0.29, 0.717) is 12.3 Å². The van der Waals surface area contributed by atoms with Crippen molar-refractivity contribution in [2.24, 2.45) is 5.92 Å². The molecule has 7 rings (SSSR count). The first-order valence-electron chi connectivity index (χ1n) is 21.8. The summed E-state index contributed by atoms with van der Waals surface area (Å²) < 4.78 is 215. The number of carbonyl (C=O) groups is 2. The fourth-order valence-electron chi connectivity index (χ4n) is 8.55. The van der Waals surface area contributed by atoms with E-state index in [1.165, 1.54) is 13.8 Å². The zero-order valence-electron chi connectivity index (χ0n) is 39.2. The molecule has 3 heterocycles. The zero-order valence-corrected chi connectivity index (χ0v) is 42.5. The van der Waals surface area contributed by atoms with E-state index in [1.54, 1.807) is 0 Å². The van der Waals surface area contributed by atoms with E-state index >= 15 is 8.78 Å². The third-order valence-corrected chi connectivity index (χ3v) is 16.5.